The molecule has 0 amide bonds. The molecule has 0 aliphatic rings. The number of nitrogens with zero attached hydrogens (tertiary/aromatic N) is 2. The molecule has 1 heterocycles. The van der Waals surface area contributed by atoms with E-state index in [0.29, 0.717) is 17.1 Å². The molecule has 1 aromatic heterocycles. The van der Waals surface area contributed by atoms with Crippen LogP contribution >= 0.6 is 15.9 Å². The predicted molar refractivity (Wildman–Crippen MR) is 75.7 cm³/mol. The van der Waals surface area contributed by atoms with Crippen molar-refractivity contribution in [2.45, 2.75) is 6.92 Å². The molecule has 0 atom stereocenters. The first kappa shape index (κ1) is 13.4. The molecule has 5 nitrogen and oxygen atoms in total. The van der Waals surface area contributed by atoms with Gasteiger partial charge in [-0.3, -0.25) is 4.98 Å². The Bertz CT molecular complexity index is 629. The number of benzene rings is 1. The molecule has 0 aliphatic heterocycles. The number of hydrogen-bond donors (Lipinski definition) is 2. The summed E-state index contributed by atoms with van der Waals surface area (Å²) >= 11 is 3.43. The molecule has 2 rings (SSSR count). The first-order valence-corrected chi connectivity index (χ1v) is 6.27. The fourth-order valence-corrected chi connectivity index (χ4v) is 2.11. The number of halogens is 1. The lowest BCUT2D eigenvalue weighted by Gasteiger charge is -2.11. The van der Waals surface area contributed by atoms with Crippen molar-refractivity contribution in [3.63, 3.8) is 0 Å². The highest BCUT2D eigenvalue weighted by molar-refractivity contribution is 9.10. The van der Waals surface area contributed by atoms with Crippen LogP contribution in [0, 0.1) is 6.92 Å². The Kier molecular flexibility index (Phi) is 4.01. The lowest BCUT2D eigenvalue weighted by atomic mass is 10.2. The highest BCUT2D eigenvalue weighted by atomic mass is 79.9. The summed E-state index contributed by atoms with van der Waals surface area (Å²) in [6.45, 7) is 1.99. The Labute approximate surface area is 118 Å². The fourth-order valence-electron chi connectivity index (χ4n) is 1.53. The molecule has 0 spiro atoms. The van der Waals surface area contributed by atoms with Gasteiger partial charge in [-0.25, -0.2) is 0 Å². The molecule has 2 aromatic rings. The molecular formula is C13H12BrN3O2. The van der Waals surface area contributed by atoms with Crippen LogP contribution in [0.15, 0.2) is 46.3 Å². The molecular weight excluding hydrogens is 310 g/mol. The van der Waals surface area contributed by atoms with Crippen LogP contribution in [0.4, 0.5) is 0 Å². The SMILES string of the molecule is Cc1ccc(Oc2cnccc2/C(N)=N/O)c(Br)c1. The molecule has 0 fully saturated rings. The van der Waals surface area contributed by atoms with Crippen LogP contribution < -0.4 is 10.5 Å². The lowest BCUT2D eigenvalue weighted by Crippen LogP contribution is -2.14. The van der Waals surface area contributed by atoms with Crippen molar-refractivity contribution in [2.75, 3.05) is 0 Å². The number of ether oxygens (including phenoxy) is 1. The normalized spacial score (nSPS) is 11.4. The van der Waals surface area contributed by atoms with Crippen LogP contribution in [0.2, 0.25) is 0 Å². The number of pyridine rings is 1. The van der Waals surface area contributed by atoms with Crippen LogP contribution in [0.1, 0.15) is 11.1 Å². The first-order chi connectivity index (χ1) is 9.11. The summed E-state index contributed by atoms with van der Waals surface area (Å²) in [5.41, 5.74) is 7.18. The van der Waals surface area contributed by atoms with E-state index in [1.807, 2.05) is 25.1 Å². The number of aromatic nitrogens is 1. The Balaban J connectivity index is 2.38. The minimum atomic E-state index is -0.0272. The molecule has 0 bridgehead atoms. The summed E-state index contributed by atoms with van der Waals surface area (Å²) in [5, 5.41) is 11.7. The van der Waals surface area contributed by atoms with Gasteiger partial charge in [-0.05, 0) is 46.6 Å². The van der Waals surface area contributed by atoms with Gasteiger partial charge in [-0.2, -0.15) is 0 Å². The molecule has 1 aromatic carbocycles. The smallest absolute Gasteiger partial charge is 0.173 e. The van der Waals surface area contributed by atoms with Crippen molar-refractivity contribution in [3.05, 3.63) is 52.3 Å². The molecule has 0 saturated heterocycles. The summed E-state index contributed by atoms with van der Waals surface area (Å²) in [6, 6.07) is 7.32. The van der Waals surface area contributed by atoms with Gasteiger partial charge in [0.05, 0.1) is 16.2 Å². The quantitative estimate of drug-likeness (QED) is 0.394. The minimum Gasteiger partial charge on any atom is -0.454 e. The first-order valence-electron chi connectivity index (χ1n) is 5.47. The van der Waals surface area contributed by atoms with E-state index in [0.717, 1.165) is 10.0 Å². The van der Waals surface area contributed by atoms with Crippen LogP contribution in [0.3, 0.4) is 0 Å². The van der Waals surface area contributed by atoms with E-state index in [1.54, 1.807) is 12.3 Å². The van der Waals surface area contributed by atoms with Gasteiger partial charge >= 0.3 is 0 Å². The van der Waals surface area contributed by atoms with Crippen LogP contribution in [0.25, 0.3) is 0 Å². The van der Waals surface area contributed by atoms with Crippen molar-refractivity contribution < 1.29 is 9.94 Å². The van der Waals surface area contributed by atoms with E-state index in [1.165, 1.54) is 6.20 Å². The number of hydrogen-bond acceptors (Lipinski definition) is 4. The lowest BCUT2D eigenvalue weighted by molar-refractivity contribution is 0.318. The zero-order valence-corrected chi connectivity index (χ0v) is 11.8. The van der Waals surface area contributed by atoms with Gasteiger partial charge in [-0.1, -0.05) is 11.2 Å². The van der Waals surface area contributed by atoms with Gasteiger partial charge in [0, 0.05) is 6.20 Å². The van der Waals surface area contributed by atoms with Crippen molar-refractivity contribution in [1.29, 1.82) is 0 Å². The van der Waals surface area contributed by atoms with E-state index >= 15 is 0 Å². The maximum atomic E-state index is 8.75. The van der Waals surface area contributed by atoms with Crippen molar-refractivity contribution in [2.24, 2.45) is 10.9 Å². The Morgan fingerprint density at radius 1 is 1.37 bits per heavy atom. The van der Waals surface area contributed by atoms with Gasteiger partial charge in [0.1, 0.15) is 5.75 Å². The fraction of sp³-hybridized carbons (Fsp3) is 0.0769. The molecule has 0 radical (unpaired) electrons. The van der Waals surface area contributed by atoms with Gasteiger partial charge < -0.3 is 15.7 Å². The third-order valence-electron chi connectivity index (χ3n) is 2.48. The van der Waals surface area contributed by atoms with Crippen LogP contribution in [-0.4, -0.2) is 16.0 Å². The average Bonchev–Trinajstić information content (AvgIpc) is 2.41. The number of aryl methyl sites for hydroxylation is 1. The Morgan fingerprint density at radius 2 is 2.16 bits per heavy atom. The summed E-state index contributed by atoms with van der Waals surface area (Å²) in [7, 11) is 0. The molecule has 3 N–H and O–H groups in total. The summed E-state index contributed by atoms with van der Waals surface area (Å²) in [6.07, 6.45) is 3.06. The van der Waals surface area contributed by atoms with E-state index in [-0.39, 0.29) is 5.84 Å². The number of rotatable bonds is 3. The highest BCUT2D eigenvalue weighted by Crippen LogP contribution is 2.31. The largest absolute Gasteiger partial charge is 0.454 e. The highest BCUT2D eigenvalue weighted by Gasteiger charge is 2.10. The van der Waals surface area contributed by atoms with Gasteiger partial charge in [-0.15, -0.1) is 0 Å². The third-order valence-corrected chi connectivity index (χ3v) is 3.10. The summed E-state index contributed by atoms with van der Waals surface area (Å²) in [5.74, 6) is 1.02. The Morgan fingerprint density at radius 3 is 2.84 bits per heavy atom. The van der Waals surface area contributed by atoms with Crippen LogP contribution in [0.5, 0.6) is 11.5 Å². The summed E-state index contributed by atoms with van der Waals surface area (Å²) < 4.78 is 6.56. The minimum absolute atomic E-state index is 0.0272. The maximum absolute atomic E-state index is 8.75. The number of oxime groups is 1. The number of amidine groups is 1. The molecule has 0 unspecified atom stereocenters. The zero-order chi connectivity index (χ0) is 13.8. The molecule has 0 aliphatic carbocycles. The molecule has 0 saturated carbocycles. The predicted octanol–water partition coefficient (Wildman–Crippen LogP) is 3.04. The molecule has 19 heavy (non-hydrogen) atoms. The number of nitrogens with two attached hydrogens (primary N) is 1. The Hall–Kier alpha value is -2.08. The van der Waals surface area contributed by atoms with Crippen molar-refractivity contribution in [1.82, 2.24) is 4.98 Å². The van der Waals surface area contributed by atoms with E-state index in [4.69, 9.17) is 15.7 Å². The van der Waals surface area contributed by atoms with Gasteiger partial charge in [0.25, 0.3) is 0 Å². The van der Waals surface area contributed by atoms with E-state index in [2.05, 4.69) is 26.1 Å². The molecule has 6 heteroatoms. The third kappa shape index (κ3) is 3.03. The maximum Gasteiger partial charge on any atom is 0.173 e. The molecule has 98 valence electrons. The van der Waals surface area contributed by atoms with Gasteiger partial charge in [0.2, 0.25) is 0 Å². The average molecular weight is 322 g/mol. The standard InChI is InChI=1S/C13H12BrN3O2/c1-8-2-3-11(10(14)6-8)19-12-7-16-5-4-9(12)13(15)17-18/h2-7,18H,1H3,(H2,15,17). The van der Waals surface area contributed by atoms with E-state index in [9.17, 15) is 0 Å². The second-order valence-electron chi connectivity index (χ2n) is 3.89. The van der Waals surface area contributed by atoms with Crippen molar-refractivity contribution in [3.8, 4) is 11.5 Å². The zero-order valence-electron chi connectivity index (χ0n) is 10.2. The topological polar surface area (TPSA) is 80.7 Å². The van der Waals surface area contributed by atoms with Gasteiger partial charge in [0.15, 0.2) is 11.6 Å². The second-order valence-corrected chi connectivity index (χ2v) is 4.75. The van der Waals surface area contributed by atoms with Crippen molar-refractivity contribution >= 4 is 21.8 Å². The van der Waals surface area contributed by atoms with E-state index < -0.39 is 0 Å². The second kappa shape index (κ2) is 5.71. The summed E-state index contributed by atoms with van der Waals surface area (Å²) in [4.78, 5) is 3.97. The monoisotopic (exact) mass is 321 g/mol. The van der Waals surface area contributed by atoms with Crippen LogP contribution in [-0.2, 0) is 0 Å².